The van der Waals surface area contributed by atoms with Crippen molar-refractivity contribution in [2.45, 2.75) is 17.7 Å². The summed E-state index contributed by atoms with van der Waals surface area (Å²) in [5.41, 5.74) is 0.939. The van der Waals surface area contributed by atoms with Gasteiger partial charge in [-0.2, -0.15) is 0 Å². The molecule has 6 nitrogen and oxygen atoms in total. The Morgan fingerprint density at radius 3 is 2.72 bits per heavy atom. The highest BCUT2D eigenvalue weighted by Crippen LogP contribution is 2.31. The minimum absolute atomic E-state index is 0.0497. The van der Waals surface area contributed by atoms with E-state index in [1.807, 2.05) is 0 Å². The van der Waals surface area contributed by atoms with Gasteiger partial charge in [-0.25, -0.2) is 22.2 Å². The molecule has 0 fully saturated rings. The first-order chi connectivity index (χ1) is 13.8. The van der Waals surface area contributed by atoms with Gasteiger partial charge in [0.05, 0.1) is 10.5 Å². The van der Waals surface area contributed by atoms with Crippen LogP contribution in [0.25, 0.3) is 0 Å². The number of hydrogen-bond donors (Lipinski definition) is 1. The Kier molecular flexibility index (Phi) is 5.05. The topological polar surface area (TPSA) is 79.4 Å². The molecule has 1 aliphatic rings. The Morgan fingerprint density at radius 2 is 2.00 bits per heavy atom. The fourth-order valence-corrected chi connectivity index (χ4v) is 5.05. The molecule has 1 amide bonds. The summed E-state index contributed by atoms with van der Waals surface area (Å²) < 4.78 is 54.8. The van der Waals surface area contributed by atoms with Crippen molar-refractivity contribution >= 4 is 38.1 Å². The van der Waals surface area contributed by atoms with Crippen molar-refractivity contribution in [2.75, 3.05) is 16.2 Å². The molecule has 0 aliphatic carbocycles. The Labute approximate surface area is 169 Å². The number of thiazole rings is 1. The molecule has 2 aromatic carbocycles. The second-order valence-corrected chi connectivity index (χ2v) is 8.99. The van der Waals surface area contributed by atoms with Crippen molar-refractivity contribution in [2.24, 2.45) is 0 Å². The molecule has 3 aromatic rings. The summed E-state index contributed by atoms with van der Waals surface area (Å²) in [5, 5.41) is 1.91. The summed E-state index contributed by atoms with van der Waals surface area (Å²) in [6.45, 7) is 0.353. The number of anilines is 2. The third-order valence-corrected chi connectivity index (χ3v) is 6.69. The molecule has 0 unspecified atom stereocenters. The number of aromatic nitrogens is 1. The van der Waals surface area contributed by atoms with Gasteiger partial charge in [-0.1, -0.05) is 0 Å². The highest BCUT2D eigenvalue weighted by molar-refractivity contribution is 7.93. The largest absolute Gasteiger partial charge is 0.308 e. The average Bonchev–Trinajstić information content (AvgIpc) is 3.19. The number of nitrogens with one attached hydrogen (secondary N) is 1. The van der Waals surface area contributed by atoms with Gasteiger partial charge in [-0.15, -0.1) is 11.3 Å². The van der Waals surface area contributed by atoms with Crippen molar-refractivity contribution < 1.29 is 22.0 Å². The maximum atomic E-state index is 14.1. The third-order valence-electron chi connectivity index (χ3n) is 4.54. The molecule has 0 saturated heterocycles. The molecule has 2 heterocycles. The van der Waals surface area contributed by atoms with Gasteiger partial charge in [-0.3, -0.25) is 9.52 Å². The molecule has 0 saturated carbocycles. The van der Waals surface area contributed by atoms with Crippen molar-refractivity contribution in [3.63, 3.8) is 0 Å². The van der Waals surface area contributed by atoms with Gasteiger partial charge < -0.3 is 4.90 Å². The molecule has 4 rings (SSSR count). The van der Waals surface area contributed by atoms with Crippen molar-refractivity contribution in [3.8, 4) is 0 Å². The lowest BCUT2D eigenvalue weighted by Crippen LogP contribution is -2.36. The first-order valence-electron chi connectivity index (χ1n) is 8.67. The minimum atomic E-state index is -3.83. The van der Waals surface area contributed by atoms with E-state index in [-0.39, 0.29) is 15.6 Å². The molecule has 1 aliphatic heterocycles. The second kappa shape index (κ2) is 7.53. The minimum Gasteiger partial charge on any atom is -0.308 e. The lowest BCUT2D eigenvalue weighted by Gasteiger charge is -2.30. The molecule has 29 heavy (non-hydrogen) atoms. The van der Waals surface area contributed by atoms with Crippen molar-refractivity contribution in [3.05, 3.63) is 70.7 Å². The van der Waals surface area contributed by atoms with E-state index in [1.165, 1.54) is 29.3 Å². The molecule has 10 heteroatoms. The van der Waals surface area contributed by atoms with Gasteiger partial charge >= 0.3 is 0 Å². The van der Waals surface area contributed by atoms with Gasteiger partial charge in [-0.05, 0) is 48.7 Å². The van der Waals surface area contributed by atoms with Gasteiger partial charge in [0.25, 0.3) is 15.9 Å². The molecule has 0 spiro atoms. The number of aryl methyl sites for hydroxylation is 1. The number of rotatable bonds is 4. The van der Waals surface area contributed by atoms with Crippen LogP contribution in [0.3, 0.4) is 0 Å². The number of carbonyl (C=O) groups excluding carboxylic acids is 1. The lowest BCUT2D eigenvalue weighted by atomic mass is 10.0. The summed E-state index contributed by atoms with van der Waals surface area (Å²) in [7, 11) is -3.83. The van der Waals surface area contributed by atoms with Crippen LogP contribution in [0.2, 0.25) is 0 Å². The van der Waals surface area contributed by atoms with Gasteiger partial charge in [0.15, 0.2) is 5.13 Å². The van der Waals surface area contributed by atoms with Crippen molar-refractivity contribution in [1.82, 2.24) is 4.98 Å². The van der Waals surface area contributed by atoms with Crippen LogP contribution < -0.4 is 9.62 Å². The Hall–Kier alpha value is -2.85. The quantitative estimate of drug-likeness (QED) is 0.676. The fraction of sp³-hybridized carbons (Fsp3) is 0.158. The SMILES string of the molecule is O=C(c1ccc(F)cc1F)N1CCCc2cc(S(=O)(=O)Nc3nccs3)ccc21. The number of amides is 1. The highest BCUT2D eigenvalue weighted by atomic mass is 32.2. The summed E-state index contributed by atoms with van der Waals surface area (Å²) in [6.07, 6.45) is 2.66. The van der Waals surface area contributed by atoms with E-state index in [1.54, 1.807) is 5.38 Å². The first kappa shape index (κ1) is 19.5. The van der Waals surface area contributed by atoms with E-state index < -0.39 is 27.6 Å². The van der Waals surface area contributed by atoms with Crippen LogP contribution in [0, 0.1) is 11.6 Å². The Bertz CT molecular complexity index is 1180. The number of carbonyl (C=O) groups is 1. The van der Waals surface area contributed by atoms with Crippen molar-refractivity contribution in [1.29, 1.82) is 0 Å². The zero-order chi connectivity index (χ0) is 20.6. The van der Waals surface area contributed by atoms with Crippen LogP contribution >= 0.6 is 11.3 Å². The summed E-state index contributed by atoms with van der Waals surface area (Å²) in [4.78, 5) is 18.2. The van der Waals surface area contributed by atoms with Crippen LogP contribution in [-0.4, -0.2) is 25.9 Å². The van der Waals surface area contributed by atoms with Gasteiger partial charge in [0.1, 0.15) is 11.6 Å². The maximum absolute atomic E-state index is 14.1. The van der Waals surface area contributed by atoms with Crippen LogP contribution in [0.4, 0.5) is 19.6 Å². The number of nitrogens with zero attached hydrogens (tertiary/aromatic N) is 2. The van der Waals surface area contributed by atoms with Gasteiger partial charge in [0, 0.05) is 29.9 Å². The third kappa shape index (κ3) is 3.85. The molecule has 0 radical (unpaired) electrons. The second-order valence-electron chi connectivity index (χ2n) is 6.42. The normalized spacial score (nSPS) is 13.8. The molecule has 1 aromatic heterocycles. The zero-order valence-corrected chi connectivity index (χ0v) is 16.6. The number of benzene rings is 2. The van der Waals surface area contributed by atoms with E-state index in [2.05, 4.69) is 9.71 Å². The highest BCUT2D eigenvalue weighted by Gasteiger charge is 2.27. The monoisotopic (exact) mass is 435 g/mol. The van der Waals surface area contributed by atoms with E-state index in [4.69, 9.17) is 0 Å². The van der Waals surface area contributed by atoms with Crippen LogP contribution in [0.15, 0.2) is 52.9 Å². The van der Waals surface area contributed by atoms with Crippen LogP contribution in [-0.2, 0) is 16.4 Å². The maximum Gasteiger partial charge on any atom is 0.263 e. The number of fused-ring (bicyclic) bond motifs is 1. The molecule has 150 valence electrons. The standard InChI is InChI=1S/C19H15F2N3O3S2/c20-13-3-5-15(16(21)11-13)18(25)24-8-1-2-12-10-14(4-6-17(12)24)29(26,27)23-19-22-7-9-28-19/h3-7,9-11H,1-2,8H2,(H,22,23). The Morgan fingerprint density at radius 1 is 1.17 bits per heavy atom. The summed E-state index contributed by atoms with van der Waals surface area (Å²) in [6, 6.07) is 7.23. The zero-order valence-electron chi connectivity index (χ0n) is 14.9. The van der Waals surface area contributed by atoms with Crippen LogP contribution in [0.5, 0.6) is 0 Å². The summed E-state index contributed by atoms with van der Waals surface area (Å²) in [5.74, 6) is -2.30. The fourth-order valence-electron chi connectivity index (χ4n) is 3.21. The molecular formula is C19H15F2N3O3S2. The number of hydrogen-bond acceptors (Lipinski definition) is 5. The number of sulfonamides is 1. The molecule has 0 atom stereocenters. The van der Waals surface area contributed by atoms with E-state index in [0.717, 1.165) is 23.5 Å². The molecular weight excluding hydrogens is 420 g/mol. The summed E-state index contributed by atoms with van der Waals surface area (Å²) >= 11 is 1.16. The van der Waals surface area contributed by atoms with E-state index >= 15 is 0 Å². The predicted molar refractivity (Wildman–Crippen MR) is 106 cm³/mol. The van der Waals surface area contributed by atoms with E-state index in [0.29, 0.717) is 36.7 Å². The first-order valence-corrected chi connectivity index (χ1v) is 11.0. The smallest absolute Gasteiger partial charge is 0.263 e. The van der Waals surface area contributed by atoms with E-state index in [9.17, 15) is 22.0 Å². The van der Waals surface area contributed by atoms with Crippen LogP contribution in [0.1, 0.15) is 22.3 Å². The average molecular weight is 435 g/mol. The van der Waals surface area contributed by atoms with Gasteiger partial charge in [0.2, 0.25) is 0 Å². The Balaban J connectivity index is 1.66. The molecule has 1 N–H and O–H groups in total. The predicted octanol–water partition coefficient (Wildman–Crippen LogP) is 3.82. The lowest BCUT2D eigenvalue weighted by molar-refractivity contribution is 0.0981. The number of halogens is 2. The molecule has 0 bridgehead atoms.